The highest BCUT2D eigenvalue weighted by Gasteiger charge is 2.34. The SMILES string of the molecule is CC(=O)/C=C1\c2ccccc2N(C(C)=O)C1O. The van der Waals surface area contributed by atoms with Gasteiger partial charge in [0, 0.05) is 18.1 Å². The maximum atomic E-state index is 11.5. The zero-order valence-corrected chi connectivity index (χ0v) is 9.68. The molecule has 1 aromatic rings. The number of aliphatic hydroxyl groups is 1. The first-order chi connectivity index (χ1) is 8.02. The number of rotatable bonds is 1. The minimum absolute atomic E-state index is 0.153. The molecular weight excluding hydrogens is 218 g/mol. The van der Waals surface area contributed by atoms with Crippen molar-refractivity contribution in [2.24, 2.45) is 0 Å². The van der Waals surface area contributed by atoms with Crippen LogP contribution in [0.15, 0.2) is 30.3 Å². The molecule has 0 aliphatic carbocycles. The predicted octanol–water partition coefficient (Wildman–Crippen LogP) is 1.34. The number of para-hydroxylation sites is 1. The summed E-state index contributed by atoms with van der Waals surface area (Å²) in [4.78, 5) is 23.9. The lowest BCUT2D eigenvalue weighted by Gasteiger charge is -2.19. The molecule has 0 saturated carbocycles. The molecule has 1 N–H and O–H groups in total. The van der Waals surface area contributed by atoms with E-state index in [0.717, 1.165) is 5.56 Å². The molecule has 0 bridgehead atoms. The van der Waals surface area contributed by atoms with Gasteiger partial charge in [-0.15, -0.1) is 0 Å². The van der Waals surface area contributed by atoms with Crippen LogP contribution in [0.3, 0.4) is 0 Å². The molecule has 1 aromatic carbocycles. The second-order valence-electron chi connectivity index (χ2n) is 3.99. The number of hydrogen-bond donors (Lipinski definition) is 1. The molecule has 17 heavy (non-hydrogen) atoms. The second kappa shape index (κ2) is 4.14. The molecule has 4 heteroatoms. The first-order valence-corrected chi connectivity index (χ1v) is 5.32. The highest BCUT2D eigenvalue weighted by atomic mass is 16.3. The smallest absolute Gasteiger partial charge is 0.226 e. The van der Waals surface area contributed by atoms with Gasteiger partial charge in [-0.3, -0.25) is 14.5 Å². The summed E-state index contributed by atoms with van der Waals surface area (Å²) in [6.07, 6.45) is 0.292. The summed E-state index contributed by atoms with van der Waals surface area (Å²) in [5, 5.41) is 10.1. The number of ketones is 1. The molecule has 1 aliphatic rings. The van der Waals surface area contributed by atoms with Crippen molar-refractivity contribution in [3.63, 3.8) is 0 Å². The molecule has 0 radical (unpaired) electrons. The summed E-state index contributed by atoms with van der Waals surface area (Å²) < 4.78 is 0. The van der Waals surface area contributed by atoms with Gasteiger partial charge in [0.05, 0.1) is 5.69 Å². The van der Waals surface area contributed by atoms with Crippen molar-refractivity contribution in [2.45, 2.75) is 20.1 Å². The zero-order valence-electron chi connectivity index (χ0n) is 9.68. The number of amides is 1. The maximum absolute atomic E-state index is 11.5. The molecule has 1 heterocycles. The number of anilines is 1. The monoisotopic (exact) mass is 231 g/mol. The zero-order chi connectivity index (χ0) is 12.6. The molecule has 0 fully saturated rings. The van der Waals surface area contributed by atoms with Crippen molar-refractivity contribution in [1.82, 2.24) is 0 Å². The van der Waals surface area contributed by atoms with E-state index in [-0.39, 0.29) is 11.7 Å². The van der Waals surface area contributed by atoms with Crippen LogP contribution < -0.4 is 4.90 Å². The topological polar surface area (TPSA) is 57.6 Å². The Morgan fingerprint density at radius 3 is 2.53 bits per heavy atom. The maximum Gasteiger partial charge on any atom is 0.226 e. The lowest BCUT2D eigenvalue weighted by molar-refractivity contribution is -0.118. The molecule has 2 rings (SSSR count). The number of allylic oxidation sites excluding steroid dienone is 1. The van der Waals surface area contributed by atoms with Crippen LogP contribution in [0.4, 0.5) is 5.69 Å². The van der Waals surface area contributed by atoms with E-state index in [1.54, 1.807) is 18.2 Å². The van der Waals surface area contributed by atoms with Crippen molar-refractivity contribution in [3.05, 3.63) is 35.9 Å². The number of hydrogen-bond acceptors (Lipinski definition) is 3. The Balaban J connectivity index is 2.60. The summed E-state index contributed by atoms with van der Waals surface area (Å²) >= 11 is 0. The van der Waals surface area contributed by atoms with Crippen molar-refractivity contribution < 1.29 is 14.7 Å². The van der Waals surface area contributed by atoms with Crippen molar-refractivity contribution in [1.29, 1.82) is 0 Å². The van der Waals surface area contributed by atoms with Gasteiger partial charge in [-0.05, 0) is 19.1 Å². The van der Waals surface area contributed by atoms with Gasteiger partial charge in [-0.2, -0.15) is 0 Å². The summed E-state index contributed by atoms with van der Waals surface area (Å²) in [7, 11) is 0. The normalized spacial score (nSPS) is 20.5. The Kier molecular flexibility index (Phi) is 2.81. The lowest BCUT2D eigenvalue weighted by Crippen LogP contribution is -2.35. The second-order valence-corrected chi connectivity index (χ2v) is 3.99. The lowest BCUT2D eigenvalue weighted by atomic mass is 10.1. The number of carbonyl (C=O) groups excluding carboxylic acids is 2. The molecule has 4 nitrogen and oxygen atoms in total. The number of aliphatic hydroxyl groups excluding tert-OH is 1. The Labute approximate surface area is 99.2 Å². The predicted molar refractivity (Wildman–Crippen MR) is 64.3 cm³/mol. The van der Waals surface area contributed by atoms with Crippen LogP contribution in [0.25, 0.3) is 5.57 Å². The molecule has 1 amide bonds. The van der Waals surface area contributed by atoms with Gasteiger partial charge >= 0.3 is 0 Å². The fourth-order valence-corrected chi connectivity index (χ4v) is 2.05. The van der Waals surface area contributed by atoms with Gasteiger partial charge in [0.25, 0.3) is 0 Å². The molecule has 0 aromatic heterocycles. The molecule has 0 spiro atoms. The Morgan fingerprint density at radius 1 is 1.29 bits per heavy atom. The van der Waals surface area contributed by atoms with Crippen LogP contribution in [0.1, 0.15) is 19.4 Å². The third-order valence-corrected chi connectivity index (χ3v) is 2.70. The van der Waals surface area contributed by atoms with Gasteiger partial charge in [0.1, 0.15) is 0 Å². The summed E-state index contributed by atoms with van der Waals surface area (Å²) in [6, 6.07) is 7.14. The summed E-state index contributed by atoms with van der Waals surface area (Å²) in [5.74, 6) is -0.406. The fourth-order valence-electron chi connectivity index (χ4n) is 2.05. The molecule has 1 atom stereocenters. The van der Waals surface area contributed by atoms with E-state index in [1.165, 1.54) is 24.8 Å². The van der Waals surface area contributed by atoms with E-state index in [1.807, 2.05) is 6.07 Å². The van der Waals surface area contributed by atoms with Gasteiger partial charge in [-0.25, -0.2) is 0 Å². The number of nitrogens with zero attached hydrogens (tertiary/aromatic N) is 1. The van der Waals surface area contributed by atoms with Crippen molar-refractivity contribution >= 4 is 23.0 Å². The molecule has 1 aliphatic heterocycles. The van der Waals surface area contributed by atoms with Crippen LogP contribution in [0, 0.1) is 0 Å². The standard InChI is InChI=1S/C13H13NO3/c1-8(15)7-11-10-5-3-4-6-12(10)14(9(2)16)13(11)17/h3-7,13,17H,1-2H3/b11-7+. The minimum Gasteiger partial charge on any atom is -0.369 e. The van der Waals surface area contributed by atoms with Crippen LogP contribution in [-0.4, -0.2) is 23.0 Å². The van der Waals surface area contributed by atoms with Crippen LogP contribution in [0.2, 0.25) is 0 Å². The van der Waals surface area contributed by atoms with Gasteiger partial charge in [0.15, 0.2) is 12.0 Å². The van der Waals surface area contributed by atoms with Gasteiger partial charge < -0.3 is 5.11 Å². The Hall–Kier alpha value is -1.94. The fraction of sp³-hybridized carbons (Fsp3) is 0.231. The number of fused-ring (bicyclic) bond motifs is 1. The Bertz CT molecular complexity index is 519. The van der Waals surface area contributed by atoms with E-state index in [4.69, 9.17) is 0 Å². The third-order valence-electron chi connectivity index (χ3n) is 2.70. The largest absolute Gasteiger partial charge is 0.369 e. The minimum atomic E-state index is -1.08. The molecule has 1 unspecified atom stereocenters. The van der Waals surface area contributed by atoms with Gasteiger partial charge in [0.2, 0.25) is 5.91 Å². The molecule has 88 valence electrons. The van der Waals surface area contributed by atoms with Gasteiger partial charge in [-0.1, -0.05) is 18.2 Å². The summed E-state index contributed by atoms with van der Waals surface area (Å²) in [5.41, 5.74) is 1.84. The van der Waals surface area contributed by atoms with E-state index in [0.29, 0.717) is 11.3 Å². The summed E-state index contributed by atoms with van der Waals surface area (Å²) in [6.45, 7) is 2.80. The highest BCUT2D eigenvalue weighted by Crippen LogP contribution is 2.39. The van der Waals surface area contributed by atoms with Crippen LogP contribution >= 0.6 is 0 Å². The first kappa shape index (κ1) is 11.5. The van der Waals surface area contributed by atoms with Crippen LogP contribution in [-0.2, 0) is 9.59 Å². The highest BCUT2D eigenvalue weighted by molar-refractivity contribution is 6.06. The average molecular weight is 231 g/mol. The third kappa shape index (κ3) is 1.87. The molecular formula is C13H13NO3. The van der Waals surface area contributed by atoms with Crippen molar-refractivity contribution in [3.8, 4) is 0 Å². The van der Waals surface area contributed by atoms with E-state index >= 15 is 0 Å². The van der Waals surface area contributed by atoms with E-state index < -0.39 is 6.23 Å². The van der Waals surface area contributed by atoms with Crippen LogP contribution in [0.5, 0.6) is 0 Å². The van der Waals surface area contributed by atoms with E-state index in [2.05, 4.69) is 0 Å². The van der Waals surface area contributed by atoms with E-state index in [9.17, 15) is 14.7 Å². The molecule has 0 saturated heterocycles. The number of benzene rings is 1. The Morgan fingerprint density at radius 2 is 1.94 bits per heavy atom. The number of carbonyl (C=O) groups is 2. The average Bonchev–Trinajstić information content (AvgIpc) is 2.52. The van der Waals surface area contributed by atoms with Crippen molar-refractivity contribution in [2.75, 3.05) is 4.90 Å². The quantitative estimate of drug-likeness (QED) is 0.742. The first-order valence-electron chi connectivity index (χ1n) is 5.32.